The number of aryl methyl sites for hydroxylation is 2. The number of hydrogen-bond donors (Lipinski definition) is 3. The van der Waals surface area contributed by atoms with Crippen molar-refractivity contribution in [1.82, 2.24) is 16.1 Å². The molecular formula is C29H28F3N7O3. The second-order valence-electron chi connectivity index (χ2n) is 9.69. The molecule has 3 aromatic rings. The lowest BCUT2D eigenvalue weighted by Gasteiger charge is -2.22. The number of nitrogens with one attached hydrogen (secondary N) is 3. The summed E-state index contributed by atoms with van der Waals surface area (Å²) in [5.41, 5.74) is 8.18. The Kier molecular flexibility index (Phi) is 8.11. The zero-order valence-corrected chi connectivity index (χ0v) is 22.8. The van der Waals surface area contributed by atoms with Gasteiger partial charge in [-0.05, 0) is 66.8 Å². The predicted molar refractivity (Wildman–Crippen MR) is 152 cm³/mol. The van der Waals surface area contributed by atoms with Gasteiger partial charge in [-0.3, -0.25) is 15.1 Å². The van der Waals surface area contributed by atoms with Crippen LogP contribution in [0, 0.1) is 13.8 Å². The van der Waals surface area contributed by atoms with Crippen molar-refractivity contribution in [2.75, 3.05) is 23.0 Å². The highest BCUT2D eigenvalue weighted by molar-refractivity contribution is 6.24. The van der Waals surface area contributed by atoms with Crippen molar-refractivity contribution in [2.24, 2.45) is 9.98 Å². The van der Waals surface area contributed by atoms with E-state index in [1.165, 1.54) is 29.2 Å². The smallest absolute Gasteiger partial charge is 0.406 e. The molecule has 1 unspecified atom stereocenters. The first kappa shape index (κ1) is 28.6. The van der Waals surface area contributed by atoms with Gasteiger partial charge in [0.25, 0.3) is 5.91 Å². The van der Waals surface area contributed by atoms with Crippen molar-refractivity contribution in [3.63, 3.8) is 0 Å². The van der Waals surface area contributed by atoms with Crippen molar-refractivity contribution in [3.05, 3.63) is 89.0 Å². The Hall–Kier alpha value is -4.91. The van der Waals surface area contributed by atoms with Crippen LogP contribution in [0.15, 0.2) is 76.7 Å². The molecule has 0 saturated carbocycles. The average molecular weight is 580 g/mol. The topological polar surface area (TPSA) is 111 Å². The summed E-state index contributed by atoms with van der Waals surface area (Å²) in [6, 6.07) is 18.4. The SMILES string of the molecule is Cc1cccc(C)c1N1C(=O)CN=C1NC(=O)NCCc1ccc(C2N=CN(c3ccc(OC(F)(F)F)cc3)N2)cc1. The monoisotopic (exact) mass is 579 g/mol. The maximum atomic E-state index is 12.6. The summed E-state index contributed by atoms with van der Waals surface area (Å²) in [6.07, 6.45) is -2.99. The standard InChI is InChI=1S/C29H28F3N7O3/c1-18-4-3-5-19(2)25(18)39-24(40)16-34-27(39)36-28(41)33-15-14-20-6-8-21(9-7-20)26-35-17-38(37-26)22-10-12-23(13-11-22)42-29(30,31)32/h3-13,17,26,37H,14-16H2,1-2H3,(H2,33,34,36,41). The number of benzene rings is 3. The number of guanidine groups is 1. The normalized spacial score (nSPS) is 16.5. The number of halogens is 3. The van der Waals surface area contributed by atoms with E-state index in [0.29, 0.717) is 18.7 Å². The summed E-state index contributed by atoms with van der Waals surface area (Å²) >= 11 is 0. The largest absolute Gasteiger partial charge is 0.573 e. The van der Waals surface area contributed by atoms with Gasteiger partial charge in [0.15, 0.2) is 0 Å². The molecule has 2 aliphatic heterocycles. The zero-order chi connectivity index (χ0) is 29.9. The highest BCUT2D eigenvalue weighted by Gasteiger charge is 2.32. The van der Waals surface area contributed by atoms with Gasteiger partial charge in [0, 0.05) is 6.54 Å². The fraction of sp³-hybridized carbons (Fsp3) is 0.241. The second kappa shape index (κ2) is 11.9. The molecule has 0 radical (unpaired) electrons. The van der Waals surface area contributed by atoms with E-state index in [9.17, 15) is 22.8 Å². The van der Waals surface area contributed by atoms with Crippen LogP contribution in [0.2, 0.25) is 0 Å². The molecule has 13 heteroatoms. The lowest BCUT2D eigenvalue weighted by Crippen LogP contribution is -2.48. The Morgan fingerprint density at radius 2 is 1.74 bits per heavy atom. The molecule has 1 atom stereocenters. The van der Waals surface area contributed by atoms with Gasteiger partial charge < -0.3 is 10.1 Å². The van der Waals surface area contributed by atoms with Crippen molar-refractivity contribution in [2.45, 2.75) is 32.8 Å². The molecule has 2 heterocycles. The van der Waals surface area contributed by atoms with E-state index in [0.717, 1.165) is 27.9 Å². The highest BCUT2D eigenvalue weighted by atomic mass is 19.4. The van der Waals surface area contributed by atoms with E-state index in [1.807, 2.05) is 56.3 Å². The first-order valence-corrected chi connectivity index (χ1v) is 13.1. The quantitative estimate of drug-likeness (QED) is 0.382. The number of urea groups is 1. The molecule has 3 amide bonds. The summed E-state index contributed by atoms with van der Waals surface area (Å²) < 4.78 is 41.1. The molecule has 3 aromatic carbocycles. The molecule has 3 N–H and O–H groups in total. The van der Waals surface area contributed by atoms with Gasteiger partial charge >= 0.3 is 12.4 Å². The first-order chi connectivity index (χ1) is 20.1. The minimum Gasteiger partial charge on any atom is -0.406 e. The number of carbonyl (C=O) groups is 2. The Bertz CT molecular complexity index is 1500. The third-order valence-corrected chi connectivity index (χ3v) is 6.65. The van der Waals surface area contributed by atoms with Crippen molar-refractivity contribution < 1.29 is 27.5 Å². The van der Waals surface area contributed by atoms with E-state index < -0.39 is 12.4 Å². The van der Waals surface area contributed by atoms with E-state index in [4.69, 9.17) is 0 Å². The van der Waals surface area contributed by atoms with Crippen LogP contribution >= 0.6 is 0 Å². The van der Waals surface area contributed by atoms with Gasteiger partial charge in [0.05, 0.1) is 11.4 Å². The molecule has 0 aromatic heterocycles. The van der Waals surface area contributed by atoms with Gasteiger partial charge in [-0.1, -0.05) is 42.5 Å². The Morgan fingerprint density at radius 3 is 2.40 bits per heavy atom. The number of carbonyl (C=O) groups excluding carboxylic acids is 2. The second-order valence-corrected chi connectivity index (χ2v) is 9.69. The number of ether oxygens (including phenoxy) is 1. The number of amides is 3. The minimum atomic E-state index is -4.75. The molecule has 218 valence electrons. The fourth-order valence-electron chi connectivity index (χ4n) is 4.66. The van der Waals surface area contributed by atoms with Gasteiger partial charge in [-0.15, -0.1) is 13.2 Å². The van der Waals surface area contributed by atoms with E-state index in [-0.39, 0.29) is 30.3 Å². The summed E-state index contributed by atoms with van der Waals surface area (Å²) in [7, 11) is 0. The lowest BCUT2D eigenvalue weighted by atomic mass is 10.1. The van der Waals surface area contributed by atoms with Gasteiger partial charge in [-0.25, -0.2) is 19.7 Å². The molecule has 0 aliphatic carbocycles. The average Bonchev–Trinajstić information content (AvgIpc) is 3.56. The number of nitrogens with zero attached hydrogens (tertiary/aromatic N) is 4. The number of rotatable bonds is 7. The fourth-order valence-corrected chi connectivity index (χ4v) is 4.66. The van der Waals surface area contributed by atoms with Crippen LogP contribution < -0.4 is 30.7 Å². The molecule has 0 fully saturated rings. The predicted octanol–water partition coefficient (Wildman–Crippen LogP) is 4.50. The summed E-state index contributed by atoms with van der Waals surface area (Å²) in [5.74, 6) is -0.313. The number of hydrogen-bond acceptors (Lipinski definition) is 7. The van der Waals surface area contributed by atoms with Crippen LogP contribution in [0.1, 0.15) is 28.4 Å². The number of para-hydroxylation sites is 1. The molecule has 0 bridgehead atoms. The van der Waals surface area contributed by atoms with Crippen LogP contribution in [0.4, 0.5) is 29.3 Å². The molecule has 10 nitrogen and oxygen atoms in total. The third-order valence-electron chi connectivity index (χ3n) is 6.65. The maximum Gasteiger partial charge on any atom is 0.573 e. The van der Waals surface area contributed by atoms with Crippen LogP contribution in [-0.4, -0.2) is 43.7 Å². The Morgan fingerprint density at radius 1 is 1.05 bits per heavy atom. The third kappa shape index (κ3) is 6.69. The van der Waals surface area contributed by atoms with Crippen LogP contribution in [0.3, 0.4) is 0 Å². The molecule has 0 spiro atoms. The van der Waals surface area contributed by atoms with E-state index in [1.54, 1.807) is 11.3 Å². The van der Waals surface area contributed by atoms with E-state index in [2.05, 4.69) is 30.8 Å². The molecule has 2 aliphatic rings. The summed E-state index contributed by atoms with van der Waals surface area (Å²) in [4.78, 5) is 35.2. The van der Waals surface area contributed by atoms with Gasteiger partial charge in [-0.2, -0.15) is 5.43 Å². The van der Waals surface area contributed by atoms with Gasteiger partial charge in [0.2, 0.25) is 5.96 Å². The van der Waals surface area contributed by atoms with Crippen molar-refractivity contribution in [1.29, 1.82) is 0 Å². The molecule has 5 rings (SSSR count). The number of alkyl halides is 3. The zero-order valence-electron chi connectivity index (χ0n) is 22.8. The Balaban J connectivity index is 1.09. The van der Waals surface area contributed by atoms with Crippen LogP contribution in [0.25, 0.3) is 0 Å². The molecular weight excluding hydrogens is 551 g/mol. The van der Waals surface area contributed by atoms with Gasteiger partial charge in [0.1, 0.15) is 24.8 Å². The molecule has 42 heavy (non-hydrogen) atoms. The van der Waals surface area contributed by atoms with Crippen LogP contribution in [-0.2, 0) is 11.2 Å². The minimum absolute atomic E-state index is 0.0312. The summed E-state index contributed by atoms with van der Waals surface area (Å²) in [5, 5.41) is 7.11. The maximum absolute atomic E-state index is 12.6. The van der Waals surface area contributed by atoms with Crippen LogP contribution in [0.5, 0.6) is 5.75 Å². The lowest BCUT2D eigenvalue weighted by molar-refractivity contribution is -0.274. The van der Waals surface area contributed by atoms with Crippen molar-refractivity contribution >= 4 is 35.6 Å². The summed E-state index contributed by atoms with van der Waals surface area (Å²) in [6.45, 7) is 4.13. The number of hydrazine groups is 1. The highest BCUT2D eigenvalue weighted by Crippen LogP contribution is 2.28. The van der Waals surface area contributed by atoms with Crippen molar-refractivity contribution in [3.8, 4) is 5.75 Å². The molecule has 0 saturated heterocycles. The first-order valence-electron chi connectivity index (χ1n) is 13.1. The Labute approximate surface area is 239 Å². The number of aliphatic imine (C=N–C) groups is 2. The van der Waals surface area contributed by atoms with E-state index >= 15 is 0 Å². The number of anilines is 2.